The Balaban J connectivity index is 2.31. The number of amides is 1. The summed E-state index contributed by atoms with van der Waals surface area (Å²) in [6.07, 6.45) is 4.80. The monoisotopic (exact) mass is 304 g/mol. The highest BCUT2D eigenvalue weighted by atomic mass is 16.2. The van der Waals surface area contributed by atoms with E-state index in [1.807, 2.05) is 26.8 Å². The summed E-state index contributed by atoms with van der Waals surface area (Å²) in [5.41, 5.74) is 0.520. The number of hydrogen-bond donors (Lipinski definition) is 0. The van der Waals surface area contributed by atoms with E-state index in [1.165, 1.54) is 19.3 Å². The minimum atomic E-state index is 0.00167. The van der Waals surface area contributed by atoms with Crippen LogP contribution in [-0.4, -0.2) is 46.5 Å². The lowest BCUT2D eigenvalue weighted by atomic mass is 10.00. The second-order valence-electron chi connectivity index (χ2n) is 5.89. The minimum Gasteiger partial charge on any atom is -0.354 e. The van der Waals surface area contributed by atoms with Gasteiger partial charge in [-0.1, -0.05) is 6.92 Å². The van der Waals surface area contributed by atoms with Gasteiger partial charge in [0.1, 0.15) is 17.3 Å². The lowest BCUT2D eigenvalue weighted by Gasteiger charge is -2.36. The maximum Gasteiger partial charge on any atom is 0.272 e. The second-order valence-corrected chi connectivity index (χ2v) is 5.89. The number of aryl methyl sites for hydroxylation is 1. The molecule has 1 amide bonds. The first-order valence-electron chi connectivity index (χ1n) is 8.52. The van der Waals surface area contributed by atoms with E-state index in [2.05, 4.69) is 21.8 Å². The predicted molar refractivity (Wildman–Crippen MR) is 89.3 cm³/mol. The molecule has 5 heteroatoms. The van der Waals surface area contributed by atoms with Crippen LogP contribution in [0.25, 0.3) is 0 Å². The van der Waals surface area contributed by atoms with E-state index in [-0.39, 0.29) is 5.91 Å². The third-order valence-corrected chi connectivity index (χ3v) is 4.49. The van der Waals surface area contributed by atoms with Gasteiger partial charge in [-0.15, -0.1) is 0 Å². The Morgan fingerprint density at radius 2 is 2.00 bits per heavy atom. The maximum atomic E-state index is 12.6. The van der Waals surface area contributed by atoms with Crippen molar-refractivity contribution in [3.8, 4) is 0 Å². The zero-order valence-corrected chi connectivity index (χ0v) is 14.3. The Hall–Kier alpha value is -1.65. The van der Waals surface area contributed by atoms with Crippen molar-refractivity contribution >= 4 is 11.7 Å². The van der Waals surface area contributed by atoms with Crippen molar-refractivity contribution in [3.63, 3.8) is 0 Å². The molecule has 122 valence electrons. The number of piperidine rings is 1. The number of anilines is 1. The molecule has 1 atom stereocenters. The Bertz CT molecular complexity index is 513. The highest BCUT2D eigenvalue weighted by molar-refractivity contribution is 5.93. The van der Waals surface area contributed by atoms with Crippen molar-refractivity contribution in [3.05, 3.63) is 17.6 Å². The van der Waals surface area contributed by atoms with Gasteiger partial charge in [-0.3, -0.25) is 4.79 Å². The van der Waals surface area contributed by atoms with Gasteiger partial charge in [-0.05, 0) is 46.5 Å². The fraction of sp³-hybridized carbons (Fsp3) is 0.706. The van der Waals surface area contributed by atoms with Crippen LogP contribution in [0.4, 0.5) is 5.82 Å². The largest absolute Gasteiger partial charge is 0.354 e. The quantitative estimate of drug-likeness (QED) is 0.839. The molecule has 1 aromatic rings. The minimum absolute atomic E-state index is 0.00167. The molecule has 1 aliphatic rings. The standard InChI is InChI=1S/C17H28N4O/c1-5-14-10-8-9-11-21(14)16-12-15(18-13(4)19-16)17(22)20(6-2)7-3/h12,14H,5-11H2,1-4H3. The molecule has 5 nitrogen and oxygen atoms in total. The lowest BCUT2D eigenvalue weighted by Crippen LogP contribution is -2.40. The highest BCUT2D eigenvalue weighted by Gasteiger charge is 2.24. The maximum absolute atomic E-state index is 12.6. The summed E-state index contributed by atoms with van der Waals surface area (Å²) in [6, 6.07) is 2.40. The van der Waals surface area contributed by atoms with Gasteiger partial charge in [0.2, 0.25) is 0 Å². The molecule has 0 radical (unpaired) electrons. The van der Waals surface area contributed by atoms with Gasteiger partial charge in [0.05, 0.1) is 0 Å². The molecular formula is C17H28N4O. The number of nitrogens with zero attached hydrogens (tertiary/aromatic N) is 4. The van der Waals surface area contributed by atoms with Crippen molar-refractivity contribution in [2.45, 2.75) is 59.4 Å². The van der Waals surface area contributed by atoms with E-state index in [0.717, 1.165) is 18.8 Å². The molecule has 1 aromatic heterocycles. The molecule has 0 spiro atoms. The molecule has 22 heavy (non-hydrogen) atoms. The summed E-state index contributed by atoms with van der Waals surface area (Å²) in [7, 11) is 0. The summed E-state index contributed by atoms with van der Waals surface area (Å²) >= 11 is 0. The molecule has 1 unspecified atom stereocenters. The van der Waals surface area contributed by atoms with Crippen molar-refractivity contribution in [1.29, 1.82) is 0 Å². The van der Waals surface area contributed by atoms with E-state index in [4.69, 9.17) is 0 Å². The van der Waals surface area contributed by atoms with Gasteiger partial charge in [0.15, 0.2) is 0 Å². The number of hydrogen-bond acceptors (Lipinski definition) is 4. The average Bonchev–Trinajstić information content (AvgIpc) is 2.55. The average molecular weight is 304 g/mol. The molecule has 2 heterocycles. The van der Waals surface area contributed by atoms with Crippen LogP contribution in [0.3, 0.4) is 0 Å². The van der Waals surface area contributed by atoms with Gasteiger partial charge in [0.25, 0.3) is 5.91 Å². The molecule has 0 aromatic carbocycles. The van der Waals surface area contributed by atoms with Crippen LogP contribution in [0.5, 0.6) is 0 Å². The molecule has 1 fully saturated rings. The van der Waals surface area contributed by atoms with Crippen molar-refractivity contribution in [2.24, 2.45) is 0 Å². The van der Waals surface area contributed by atoms with E-state index >= 15 is 0 Å². The normalized spacial score (nSPS) is 18.4. The predicted octanol–water partition coefficient (Wildman–Crippen LogP) is 3.04. The third-order valence-electron chi connectivity index (χ3n) is 4.49. The van der Waals surface area contributed by atoms with Crippen LogP contribution < -0.4 is 4.90 Å². The summed E-state index contributed by atoms with van der Waals surface area (Å²) in [4.78, 5) is 25.7. The van der Waals surface area contributed by atoms with Crippen LogP contribution >= 0.6 is 0 Å². The fourth-order valence-corrected chi connectivity index (χ4v) is 3.21. The molecular weight excluding hydrogens is 276 g/mol. The lowest BCUT2D eigenvalue weighted by molar-refractivity contribution is 0.0766. The first-order chi connectivity index (χ1) is 10.6. The van der Waals surface area contributed by atoms with Gasteiger partial charge in [-0.25, -0.2) is 9.97 Å². The summed E-state index contributed by atoms with van der Waals surface area (Å²) < 4.78 is 0. The van der Waals surface area contributed by atoms with Crippen molar-refractivity contribution < 1.29 is 4.79 Å². The van der Waals surface area contributed by atoms with Gasteiger partial charge in [-0.2, -0.15) is 0 Å². The zero-order chi connectivity index (χ0) is 16.1. The number of carbonyl (C=O) groups excluding carboxylic acids is 1. The molecule has 0 N–H and O–H groups in total. The van der Waals surface area contributed by atoms with Crippen LogP contribution in [0.2, 0.25) is 0 Å². The van der Waals surface area contributed by atoms with Gasteiger partial charge < -0.3 is 9.80 Å². The Morgan fingerprint density at radius 1 is 1.27 bits per heavy atom. The van der Waals surface area contributed by atoms with Crippen LogP contribution in [0.15, 0.2) is 6.07 Å². The zero-order valence-electron chi connectivity index (χ0n) is 14.3. The van der Waals surface area contributed by atoms with Crippen LogP contribution in [0, 0.1) is 6.92 Å². The topological polar surface area (TPSA) is 49.3 Å². The molecule has 0 bridgehead atoms. The number of aromatic nitrogens is 2. The smallest absolute Gasteiger partial charge is 0.272 e. The van der Waals surface area contributed by atoms with Crippen molar-refractivity contribution in [2.75, 3.05) is 24.5 Å². The van der Waals surface area contributed by atoms with E-state index < -0.39 is 0 Å². The van der Waals surface area contributed by atoms with Gasteiger partial charge >= 0.3 is 0 Å². The second kappa shape index (κ2) is 7.56. The summed E-state index contributed by atoms with van der Waals surface area (Å²) in [5.74, 6) is 1.59. The summed E-state index contributed by atoms with van der Waals surface area (Å²) in [5, 5.41) is 0. The molecule has 1 saturated heterocycles. The first-order valence-corrected chi connectivity index (χ1v) is 8.52. The number of carbonyl (C=O) groups is 1. The van der Waals surface area contributed by atoms with E-state index in [1.54, 1.807) is 4.90 Å². The molecule has 0 aliphatic carbocycles. The fourth-order valence-electron chi connectivity index (χ4n) is 3.21. The van der Waals surface area contributed by atoms with E-state index in [0.29, 0.717) is 30.6 Å². The Morgan fingerprint density at radius 3 is 2.64 bits per heavy atom. The van der Waals surface area contributed by atoms with E-state index in [9.17, 15) is 4.79 Å². The molecule has 2 rings (SSSR count). The SMILES string of the molecule is CCC1CCCCN1c1cc(C(=O)N(CC)CC)nc(C)n1. The Labute approximate surface area is 133 Å². The summed E-state index contributed by atoms with van der Waals surface area (Å²) in [6.45, 7) is 10.5. The first kappa shape index (κ1) is 16.7. The highest BCUT2D eigenvalue weighted by Crippen LogP contribution is 2.25. The van der Waals surface area contributed by atoms with Gasteiger partial charge in [0, 0.05) is 31.7 Å². The molecule has 1 aliphatic heterocycles. The Kier molecular flexibility index (Phi) is 5.75. The van der Waals surface area contributed by atoms with Crippen molar-refractivity contribution in [1.82, 2.24) is 14.9 Å². The van der Waals surface area contributed by atoms with Crippen LogP contribution in [0.1, 0.15) is 62.8 Å². The van der Waals surface area contributed by atoms with Crippen LogP contribution in [-0.2, 0) is 0 Å². The molecule has 0 saturated carbocycles. The third kappa shape index (κ3) is 3.57. The number of rotatable bonds is 5.